The fraction of sp³-hybridized carbons (Fsp3) is 0.467. The number of carboxylic acid groups (broad SMARTS) is 1. The van der Waals surface area contributed by atoms with Crippen molar-refractivity contribution in [3.8, 4) is 5.75 Å². The summed E-state index contributed by atoms with van der Waals surface area (Å²) in [7, 11) is 5.23. The molecule has 0 aliphatic heterocycles. The molecule has 1 aromatic rings. The molecule has 0 aromatic heterocycles. The highest BCUT2D eigenvalue weighted by atomic mass is 16.5. The van der Waals surface area contributed by atoms with Crippen LogP contribution in [0.3, 0.4) is 0 Å². The number of likely N-dealkylation sites (N-methyl/N-ethyl adjacent to an activating group) is 1. The zero-order chi connectivity index (χ0) is 16.0. The van der Waals surface area contributed by atoms with Gasteiger partial charge in [-0.1, -0.05) is 11.6 Å². The van der Waals surface area contributed by atoms with Gasteiger partial charge in [0.25, 0.3) is 5.91 Å². The average molecular weight is 294 g/mol. The number of amides is 1. The summed E-state index contributed by atoms with van der Waals surface area (Å²) in [6.45, 7) is 2.48. The molecule has 0 fully saturated rings. The van der Waals surface area contributed by atoms with Crippen molar-refractivity contribution in [1.82, 2.24) is 9.80 Å². The Kier molecular flexibility index (Phi) is 6.17. The van der Waals surface area contributed by atoms with E-state index in [9.17, 15) is 9.59 Å². The maximum atomic E-state index is 12.6. The molecule has 1 aromatic carbocycles. The lowest BCUT2D eigenvalue weighted by atomic mass is 10.1. The van der Waals surface area contributed by atoms with Gasteiger partial charge in [0.15, 0.2) is 0 Å². The quantitative estimate of drug-likeness (QED) is 0.815. The number of carboxylic acids is 1. The molecule has 0 saturated heterocycles. The summed E-state index contributed by atoms with van der Waals surface area (Å²) in [5, 5.41) is 8.99. The fourth-order valence-corrected chi connectivity index (χ4v) is 1.90. The Morgan fingerprint density at radius 1 is 1.24 bits per heavy atom. The summed E-state index contributed by atoms with van der Waals surface area (Å²) in [6, 6.07) is 5.27. The van der Waals surface area contributed by atoms with E-state index in [1.807, 2.05) is 32.0 Å². The first kappa shape index (κ1) is 17.0. The minimum absolute atomic E-state index is 0.330. The highest BCUT2D eigenvalue weighted by Gasteiger charge is 2.21. The smallest absolute Gasteiger partial charge is 0.323 e. The number of methoxy groups -OCH3 is 1. The van der Waals surface area contributed by atoms with Crippen LogP contribution >= 0.6 is 0 Å². The predicted molar refractivity (Wildman–Crippen MR) is 79.8 cm³/mol. The Hall–Kier alpha value is -2.08. The third-order valence-electron chi connectivity index (χ3n) is 3.02. The van der Waals surface area contributed by atoms with Crippen molar-refractivity contribution >= 4 is 11.9 Å². The first-order valence-electron chi connectivity index (χ1n) is 6.65. The van der Waals surface area contributed by atoms with Crippen LogP contribution in [-0.2, 0) is 4.79 Å². The highest BCUT2D eigenvalue weighted by molar-refractivity contribution is 5.98. The van der Waals surface area contributed by atoms with E-state index in [1.165, 1.54) is 12.0 Å². The van der Waals surface area contributed by atoms with E-state index in [-0.39, 0.29) is 12.5 Å². The Morgan fingerprint density at radius 3 is 2.43 bits per heavy atom. The maximum Gasteiger partial charge on any atom is 0.323 e. The molecule has 0 bridgehead atoms. The van der Waals surface area contributed by atoms with Crippen molar-refractivity contribution in [3.05, 3.63) is 29.3 Å². The molecule has 0 heterocycles. The molecule has 0 radical (unpaired) electrons. The number of ether oxygens (including phenoxy) is 1. The van der Waals surface area contributed by atoms with Crippen LogP contribution in [0.15, 0.2) is 18.2 Å². The molecule has 0 spiro atoms. The lowest BCUT2D eigenvalue weighted by Gasteiger charge is -2.23. The third-order valence-corrected chi connectivity index (χ3v) is 3.02. The molecule has 1 rings (SSSR count). The van der Waals surface area contributed by atoms with Crippen LogP contribution in [-0.4, -0.2) is 67.6 Å². The molecular formula is C15H22N2O4. The average Bonchev–Trinajstić information content (AvgIpc) is 2.42. The van der Waals surface area contributed by atoms with Crippen molar-refractivity contribution in [2.24, 2.45) is 0 Å². The molecule has 0 saturated carbocycles. The molecule has 116 valence electrons. The molecule has 1 N–H and O–H groups in total. The molecule has 1 amide bonds. The van der Waals surface area contributed by atoms with Gasteiger partial charge >= 0.3 is 5.97 Å². The number of carbonyl (C=O) groups excluding carboxylic acids is 1. The van der Waals surface area contributed by atoms with Gasteiger partial charge in [-0.3, -0.25) is 9.59 Å². The number of benzene rings is 1. The van der Waals surface area contributed by atoms with Crippen molar-refractivity contribution in [2.75, 3.05) is 40.8 Å². The van der Waals surface area contributed by atoms with E-state index >= 15 is 0 Å². The lowest BCUT2D eigenvalue weighted by molar-refractivity contribution is -0.137. The molecular weight excluding hydrogens is 272 g/mol. The van der Waals surface area contributed by atoms with Gasteiger partial charge in [0.1, 0.15) is 12.3 Å². The second-order valence-corrected chi connectivity index (χ2v) is 5.13. The molecule has 0 aliphatic carbocycles. The van der Waals surface area contributed by atoms with Crippen molar-refractivity contribution < 1.29 is 19.4 Å². The van der Waals surface area contributed by atoms with E-state index in [0.717, 1.165) is 5.56 Å². The van der Waals surface area contributed by atoms with E-state index in [1.54, 1.807) is 12.1 Å². The van der Waals surface area contributed by atoms with Crippen LogP contribution in [0, 0.1) is 6.92 Å². The van der Waals surface area contributed by atoms with Gasteiger partial charge in [-0.05, 0) is 33.2 Å². The zero-order valence-electron chi connectivity index (χ0n) is 12.9. The third kappa shape index (κ3) is 5.07. The summed E-state index contributed by atoms with van der Waals surface area (Å²) >= 11 is 0. The van der Waals surface area contributed by atoms with Gasteiger partial charge in [0.05, 0.1) is 12.7 Å². The lowest BCUT2D eigenvalue weighted by Crippen LogP contribution is -2.40. The van der Waals surface area contributed by atoms with Gasteiger partial charge in [-0.15, -0.1) is 0 Å². The van der Waals surface area contributed by atoms with Gasteiger partial charge in [0.2, 0.25) is 0 Å². The first-order valence-corrected chi connectivity index (χ1v) is 6.65. The van der Waals surface area contributed by atoms with Crippen LogP contribution in [0.2, 0.25) is 0 Å². The summed E-state index contributed by atoms with van der Waals surface area (Å²) in [4.78, 5) is 26.8. The molecule has 6 nitrogen and oxygen atoms in total. The second kappa shape index (κ2) is 7.64. The minimum atomic E-state index is -1.03. The Balaban J connectivity index is 3.03. The monoisotopic (exact) mass is 294 g/mol. The van der Waals surface area contributed by atoms with E-state index in [0.29, 0.717) is 24.4 Å². The molecule has 21 heavy (non-hydrogen) atoms. The topological polar surface area (TPSA) is 70.1 Å². The van der Waals surface area contributed by atoms with Gasteiger partial charge in [-0.25, -0.2) is 0 Å². The zero-order valence-corrected chi connectivity index (χ0v) is 12.9. The van der Waals surface area contributed by atoms with Crippen molar-refractivity contribution in [2.45, 2.75) is 6.92 Å². The van der Waals surface area contributed by atoms with Crippen LogP contribution in [0.25, 0.3) is 0 Å². The second-order valence-electron chi connectivity index (χ2n) is 5.13. The summed E-state index contributed by atoms with van der Waals surface area (Å²) in [5.41, 5.74) is 1.31. The predicted octanol–water partition coefficient (Wildman–Crippen LogP) is 1.09. The molecule has 0 atom stereocenters. The van der Waals surface area contributed by atoms with Gasteiger partial charge < -0.3 is 19.6 Å². The van der Waals surface area contributed by atoms with Crippen molar-refractivity contribution in [1.29, 1.82) is 0 Å². The first-order chi connectivity index (χ1) is 9.85. The number of rotatable bonds is 7. The largest absolute Gasteiger partial charge is 0.496 e. The SMILES string of the molecule is COc1ccc(C)cc1C(=O)N(CCN(C)C)CC(=O)O. The van der Waals surface area contributed by atoms with Gasteiger partial charge in [-0.2, -0.15) is 0 Å². The number of hydrogen-bond donors (Lipinski definition) is 1. The molecule has 6 heteroatoms. The number of nitrogens with zero attached hydrogens (tertiary/aromatic N) is 2. The minimum Gasteiger partial charge on any atom is -0.496 e. The van der Waals surface area contributed by atoms with Crippen LogP contribution in [0.5, 0.6) is 5.75 Å². The molecule has 0 aliphatic rings. The van der Waals surface area contributed by atoms with E-state index in [4.69, 9.17) is 9.84 Å². The fourth-order valence-electron chi connectivity index (χ4n) is 1.90. The Morgan fingerprint density at radius 2 is 1.90 bits per heavy atom. The van der Waals surface area contributed by atoms with Crippen LogP contribution in [0.4, 0.5) is 0 Å². The highest BCUT2D eigenvalue weighted by Crippen LogP contribution is 2.21. The Bertz CT molecular complexity index is 514. The molecule has 0 unspecified atom stereocenters. The summed E-state index contributed by atoms with van der Waals surface area (Å²) < 4.78 is 5.20. The van der Waals surface area contributed by atoms with Crippen LogP contribution < -0.4 is 4.74 Å². The number of hydrogen-bond acceptors (Lipinski definition) is 4. The Labute approximate surface area is 124 Å². The van der Waals surface area contributed by atoms with E-state index < -0.39 is 5.97 Å². The van der Waals surface area contributed by atoms with Gasteiger partial charge in [0, 0.05) is 13.1 Å². The number of aliphatic carboxylic acids is 1. The summed E-state index contributed by atoms with van der Waals surface area (Å²) in [5.74, 6) is -0.917. The standard InChI is InChI=1S/C15H22N2O4/c1-11-5-6-13(21-4)12(9-11)15(20)17(10-14(18)19)8-7-16(2)3/h5-6,9H,7-8,10H2,1-4H3,(H,18,19). The number of aryl methyl sites for hydroxylation is 1. The number of carbonyl (C=O) groups is 2. The normalized spacial score (nSPS) is 10.5. The summed E-state index contributed by atoms with van der Waals surface area (Å²) in [6.07, 6.45) is 0. The van der Waals surface area contributed by atoms with Crippen molar-refractivity contribution in [3.63, 3.8) is 0 Å². The van der Waals surface area contributed by atoms with E-state index in [2.05, 4.69) is 0 Å². The maximum absolute atomic E-state index is 12.6. The van der Waals surface area contributed by atoms with Crippen LogP contribution in [0.1, 0.15) is 15.9 Å².